The van der Waals surface area contributed by atoms with Gasteiger partial charge in [-0.05, 0) is 30.3 Å². The Morgan fingerprint density at radius 2 is 1.74 bits per heavy atom. The molecule has 0 aromatic heterocycles. The molecular formula is C19H16FNO4S2. The Morgan fingerprint density at radius 1 is 1.04 bits per heavy atom. The molecule has 1 aliphatic heterocycles. The summed E-state index contributed by atoms with van der Waals surface area (Å²) in [5, 5.41) is 0. The molecular weight excluding hydrogens is 389 g/mol. The highest BCUT2D eigenvalue weighted by Crippen LogP contribution is 2.43. The van der Waals surface area contributed by atoms with Crippen molar-refractivity contribution in [2.45, 2.75) is 0 Å². The summed E-state index contributed by atoms with van der Waals surface area (Å²) < 4.78 is 30.4. The fourth-order valence-corrected chi connectivity index (χ4v) is 3.96. The fourth-order valence-electron chi connectivity index (χ4n) is 2.69. The van der Waals surface area contributed by atoms with Gasteiger partial charge in [0.25, 0.3) is 5.91 Å². The first-order chi connectivity index (χ1) is 13.0. The smallest absolute Gasteiger partial charge is 0.270 e. The molecule has 1 fully saturated rings. The molecule has 0 spiro atoms. The van der Waals surface area contributed by atoms with Gasteiger partial charge in [-0.2, -0.15) is 0 Å². The van der Waals surface area contributed by atoms with E-state index in [-0.39, 0.29) is 10.0 Å². The number of para-hydroxylation sites is 1. The van der Waals surface area contributed by atoms with E-state index in [1.54, 1.807) is 30.3 Å². The summed E-state index contributed by atoms with van der Waals surface area (Å²) >= 11 is 6.38. The zero-order valence-corrected chi connectivity index (χ0v) is 16.4. The molecule has 2 aromatic rings. The molecule has 0 unspecified atom stereocenters. The number of halogens is 1. The first-order valence-corrected chi connectivity index (χ1v) is 9.05. The molecule has 27 heavy (non-hydrogen) atoms. The maximum Gasteiger partial charge on any atom is 0.270 e. The number of thioether (sulfide) groups is 1. The monoisotopic (exact) mass is 405 g/mol. The number of benzene rings is 2. The topological polar surface area (TPSA) is 48.0 Å². The van der Waals surface area contributed by atoms with Crippen molar-refractivity contribution in [2.75, 3.05) is 26.2 Å². The number of hydrogen-bond acceptors (Lipinski definition) is 6. The second-order valence-corrected chi connectivity index (χ2v) is 7.07. The van der Waals surface area contributed by atoms with Crippen LogP contribution in [0.25, 0.3) is 6.08 Å². The van der Waals surface area contributed by atoms with E-state index in [2.05, 4.69) is 0 Å². The van der Waals surface area contributed by atoms with Crippen LogP contribution in [-0.4, -0.2) is 31.6 Å². The Kier molecular flexibility index (Phi) is 5.67. The molecule has 0 aliphatic carbocycles. The SMILES string of the molecule is COc1ccc(/C=C2/SC(=S)N(c3ccccc3F)C2=O)c(OC)c1OC. The molecule has 5 nitrogen and oxygen atoms in total. The summed E-state index contributed by atoms with van der Waals surface area (Å²) in [6, 6.07) is 9.47. The number of nitrogens with zero attached hydrogens (tertiary/aromatic N) is 1. The van der Waals surface area contributed by atoms with Crippen LogP contribution in [0.3, 0.4) is 0 Å². The van der Waals surface area contributed by atoms with Crippen molar-refractivity contribution in [3.8, 4) is 17.2 Å². The zero-order valence-electron chi connectivity index (χ0n) is 14.8. The van der Waals surface area contributed by atoms with E-state index < -0.39 is 11.7 Å². The van der Waals surface area contributed by atoms with Crippen molar-refractivity contribution < 1.29 is 23.4 Å². The van der Waals surface area contributed by atoms with E-state index in [9.17, 15) is 9.18 Å². The molecule has 0 saturated carbocycles. The van der Waals surface area contributed by atoms with Crippen molar-refractivity contribution in [1.82, 2.24) is 0 Å². The number of carbonyl (C=O) groups excluding carboxylic acids is 1. The van der Waals surface area contributed by atoms with Gasteiger partial charge in [0, 0.05) is 5.56 Å². The lowest BCUT2D eigenvalue weighted by Crippen LogP contribution is -2.28. The fraction of sp³-hybridized carbons (Fsp3) is 0.158. The maximum atomic E-state index is 14.1. The van der Waals surface area contributed by atoms with Gasteiger partial charge in [-0.3, -0.25) is 9.69 Å². The molecule has 8 heteroatoms. The summed E-state index contributed by atoms with van der Waals surface area (Å²) in [5.74, 6) is 0.433. The van der Waals surface area contributed by atoms with Crippen LogP contribution in [-0.2, 0) is 4.79 Å². The molecule has 1 aliphatic rings. The molecule has 0 N–H and O–H groups in total. The minimum Gasteiger partial charge on any atom is -0.493 e. The van der Waals surface area contributed by atoms with Crippen LogP contribution < -0.4 is 19.1 Å². The molecule has 0 bridgehead atoms. The molecule has 0 atom stereocenters. The zero-order chi connectivity index (χ0) is 19.6. The van der Waals surface area contributed by atoms with Crippen LogP contribution in [0.1, 0.15) is 5.56 Å². The summed E-state index contributed by atoms with van der Waals surface area (Å²) in [5.41, 5.74) is 0.742. The predicted molar refractivity (Wildman–Crippen MR) is 108 cm³/mol. The molecule has 2 aromatic carbocycles. The van der Waals surface area contributed by atoms with E-state index in [0.29, 0.717) is 27.7 Å². The van der Waals surface area contributed by atoms with Crippen molar-refractivity contribution in [2.24, 2.45) is 0 Å². The van der Waals surface area contributed by atoms with Crippen LogP contribution in [0, 0.1) is 5.82 Å². The van der Waals surface area contributed by atoms with Crippen molar-refractivity contribution in [1.29, 1.82) is 0 Å². The Morgan fingerprint density at radius 3 is 2.37 bits per heavy atom. The van der Waals surface area contributed by atoms with Gasteiger partial charge < -0.3 is 14.2 Å². The lowest BCUT2D eigenvalue weighted by molar-refractivity contribution is -0.113. The molecule has 3 rings (SSSR count). The standard InChI is InChI=1S/C19H16FNO4S2/c1-23-14-9-8-11(16(24-2)17(14)25-3)10-15-18(22)21(19(26)27-15)13-7-5-4-6-12(13)20/h4-10H,1-3H3/b15-10+. The van der Waals surface area contributed by atoms with Crippen LogP contribution in [0.2, 0.25) is 0 Å². The number of hydrogen-bond donors (Lipinski definition) is 0. The molecule has 140 valence electrons. The van der Waals surface area contributed by atoms with Gasteiger partial charge in [0.2, 0.25) is 5.75 Å². The minimum absolute atomic E-state index is 0.127. The van der Waals surface area contributed by atoms with Gasteiger partial charge in [0.05, 0.1) is 31.9 Å². The largest absolute Gasteiger partial charge is 0.493 e. The maximum absolute atomic E-state index is 14.1. The molecule has 0 radical (unpaired) electrons. The average molecular weight is 405 g/mol. The molecule has 1 amide bonds. The van der Waals surface area contributed by atoms with Crippen LogP contribution in [0.5, 0.6) is 17.2 Å². The second kappa shape index (κ2) is 7.98. The van der Waals surface area contributed by atoms with Gasteiger partial charge in [0.15, 0.2) is 15.8 Å². The summed E-state index contributed by atoms with van der Waals surface area (Å²) in [7, 11) is 4.53. The number of amides is 1. The third kappa shape index (κ3) is 3.50. The van der Waals surface area contributed by atoms with Gasteiger partial charge in [-0.1, -0.05) is 36.1 Å². The number of rotatable bonds is 5. The van der Waals surface area contributed by atoms with Gasteiger partial charge in [-0.15, -0.1) is 0 Å². The second-order valence-electron chi connectivity index (χ2n) is 5.39. The summed E-state index contributed by atoms with van der Waals surface area (Å²) in [6.45, 7) is 0. The van der Waals surface area contributed by atoms with E-state index >= 15 is 0 Å². The van der Waals surface area contributed by atoms with Crippen LogP contribution >= 0.6 is 24.0 Å². The van der Waals surface area contributed by atoms with Crippen LogP contribution in [0.4, 0.5) is 10.1 Å². The number of ether oxygens (including phenoxy) is 3. The quantitative estimate of drug-likeness (QED) is 0.547. The Bertz CT molecular complexity index is 945. The first-order valence-electron chi connectivity index (χ1n) is 7.83. The Labute approximate surface area is 165 Å². The van der Waals surface area contributed by atoms with Crippen LogP contribution in [0.15, 0.2) is 41.3 Å². The Balaban J connectivity index is 2.03. The number of anilines is 1. The Hall–Kier alpha value is -2.58. The van der Waals surface area contributed by atoms with E-state index in [1.807, 2.05) is 0 Å². The lowest BCUT2D eigenvalue weighted by Gasteiger charge is -2.15. The first kappa shape index (κ1) is 19.2. The van der Waals surface area contributed by atoms with Gasteiger partial charge >= 0.3 is 0 Å². The van der Waals surface area contributed by atoms with Gasteiger partial charge in [-0.25, -0.2) is 4.39 Å². The van der Waals surface area contributed by atoms with Crippen molar-refractivity contribution in [3.63, 3.8) is 0 Å². The highest BCUT2D eigenvalue weighted by atomic mass is 32.2. The number of thiocarbonyl (C=S) groups is 1. The normalized spacial score (nSPS) is 15.4. The van der Waals surface area contributed by atoms with Crippen molar-refractivity contribution >= 4 is 46.0 Å². The van der Waals surface area contributed by atoms with Gasteiger partial charge in [0.1, 0.15) is 5.82 Å². The highest BCUT2D eigenvalue weighted by Gasteiger charge is 2.35. The number of carbonyl (C=O) groups is 1. The lowest BCUT2D eigenvalue weighted by atomic mass is 10.1. The average Bonchev–Trinajstić information content (AvgIpc) is 2.95. The third-order valence-corrected chi connectivity index (χ3v) is 5.21. The van der Waals surface area contributed by atoms with E-state index in [0.717, 1.165) is 11.8 Å². The molecule has 1 heterocycles. The van der Waals surface area contributed by atoms with E-state index in [4.69, 9.17) is 26.4 Å². The van der Waals surface area contributed by atoms with Crippen molar-refractivity contribution in [3.05, 3.63) is 52.7 Å². The third-order valence-electron chi connectivity index (χ3n) is 3.91. The summed E-state index contributed by atoms with van der Waals surface area (Å²) in [6.07, 6.45) is 1.64. The van der Waals surface area contributed by atoms with E-state index in [1.165, 1.54) is 38.4 Å². The minimum atomic E-state index is -0.515. The molecule has 1 saturated heterocycles. The summed E-state index contributed by atoms with van der Waals surface area (Å²) in [4.78, 5) is 14.4. The highest BCUT2D eigenvalue weighted by molar-refractivity contribution is 8.27. The number of methoxy groups -OCH3 is 3. The predicted octanol–water partition coefficient (Wildman–Crippen LogP) is 4.26.